The fourth-order valence-electron chi connectivity index (χ4n) is 0. The molecule has 0 rings (SSSR count). The Morgan fingerprint density at radius 1 is 0.117 bits per heavy atom. The maximum atomic E-state index is 9.78. The summed E-state index contributed by atoms with van der Waals surface area (Å²) in [6.07, 6.45) is 0. The molecular weight excluding hydrogens is 861 g/mol. The van der Waals surface area contributed by atoms with Gasteiger partial charge in [0.1, 0.15) is 0 Å². The van der Waals surface area contributed by atoms with Gasteiger partial charge in [0.2, 0.25) is 0 Å². The average molecular weight is 861 g/mol. The maximum absolute atomic E-state index is 9.78. The first-order valence-corrected chi connectivity index (χ1v) is 8.07. The van der Waals surface area contributed by atoms with Crippen LogP contribution in [0.1, 0.15) is 0 Å². The van der Waals surface area contributed by atoms with Crippen molar-refractivity contribution in [3.05, 3.63) is 0 Å². The summed E-state index contributed by atoms with van der Waals surface area (Å²) in [7, 11) is -41.0. The molecule has 0 aromatic heterocycles. The van der Waals surface area contributed by atoms with E-state index in [1.165, 1.54) is 0 Å². The van der Waals surface area contributed by atoms with Crippen LogP contribution in [0.5, 0.6) is 0 Å². The largest absolute Gasteiger partial charge is 1.00 e. The molecule has 0 unspecified atom stereocenters. The van der Waals surface area contributed by atoms with Gasteiger partial charge in [-0.3, -0.25) is 0 Å². The molecule has 0 aliphatic rings. The molecule has 0 bridgehead atoms. The Hall–Kier alpha value is 5.79. The molecule has 0 aliphatic carbocycles. The van der Waals surface area contributed by atoms with Gasteiger partial charge in [-0.25, -0.2) is 0 Å². The van der Waals surface area contributed by atoms with Crippen molar-refractivity contribution >= 4 is 89.6 Å². The molecule has 0 aromatic rings. The third kappa shape index (κ3) is 7510. The Balaban J connectivity index is -0.0000000105. The van der Waals surface area contributed by atoms with E-state index >= 15 is 0 Å². The third-order valence-electron chi connectivity index (χ3n) is 0. The Morgan fingerprint density at radius 3 is 0.117 bits per heavy atom. The number of hydrogen-bond acceptors (Lipinski definition) is 12. The second kappa shape index (κ2) is 151. The summed E-state index contributed by atoms with van der Waals surface area (Å²) in [6, 6.07) is 0. The molecule has 0 N–H and O–H groups in total. The molecular formula is B12F24Li12O12. The first-order chi connectivity index (χ1) is 20.8. The van der Waals surface area contributed by atoms with Crippen LogP contribution >= 0.6 is 0 Å². The van der Waals surface area contributed by atoms with Crippen molar-refractivity contribution in [2.24, 2.45) is 0 Å². The Labute approximate surface area is 474 Å². The van der Waals surface area contributed by atoms with Crippen LogP contribution in [0.25, 0.3) is 0 Å². The molecule has 0 atom stereocenters. The monoisotopic (exact) mass is 864 g/mol. The van der Waals surface area contributed by atoms with Crippen LogP contribution in [0.2, 0.25) is 0 Å². The van der Waals surface area contributed by atoms with E-state index in [1.807, 2.05) is 0 Å². The van der Waals surface area contributed by atoms with E-state index < -0.39 is 89.6 Å². The summed E-state index contributed by atoms with van der Waals surface area (Å²) in [6.45, 7) is 0. The first kappa shape index (κ1) is 158. The van der Waals surface area contributed by atoms with Crippen molar-refractivity contribution in [2.75, 3.05) is 0 Å². The summed E-state index contributed by atoms with van der Waals surface area (Å²) in [4.78, 5) is 0. The van der Waals surface area contributed by atoms with Gasteiger partial charge in [-0.15, -0.1) is 0 Å². The minimum absolute atomic E-state index is 0. The van der Waals surface area contributed by atoms with Gasteiger partial charge in [0.15, 0.2) is 0 Å². The van der Waals surface area contributed by atoms with Crippen LogP contribution in [-0.2, 0) is 0 Å². The van der Waals surface area contributed by atoms with Crippen LogP contribution in [0.4, 0.5) is 104 Å². The SMILES string of the molecule is [Li+].[Li+].[Li+].[Li+].[Li+].[Li+].[Li+].[Li+].[Li+].[Li+].[Li+].[Li+].[O-]B(F)F.[O-]B(F)F.[O-]B(F)F.[O-]B(F)F.[O-]B(F)F.[O-]B(F)F.[O-]B(F)F.[O-]B(F)F.[O-]B(F)F.[O-]B(F)F.[O-]B(F)F.[O-]B(F)F. The van der Waals surface area contributed by atoms with Gasteiger partial charge in [-0.2, -0.15) is 0 Å². The molecule has 12 nitrogen and oxygen atoms in total. The zero-order chi connectivity index (χ0) is 42.9. The van der Waals surface area contributed by atoms with Gasteiger partial charge < -0.3 is 164 Å². The number of rotatable bonds is 0. The third-order valence-corrected chi connectivity index (χ3v) is 0. The molecule has 0 radical (unpaired) electrons. The number of halogens is 24. The van der Waals surface area contributed by atoms with E-state index in [9.17, 15) is 104 Å². The fourth-order valence-corrected chi connectivity index (χ4v) is 0. The van der Waals surface area contributed by atoms with Crippen molar-refractivity contribution in [3.63, 3.8) is 0 Å². The van der Waals surface area contributed by atoms with E-state index in [0.29, 0.717) is 0 Å². The molecule has 60 heavy (non-hydrogen) atoms. The van der Waals surface area contributed by atoms with Crippen molar-refractivity contribution in [1.82, 2.24) is 0 Å². The van der Waals surface area contributed by atoms with E-state index in [4.69, 9.17) is 60.3 Å². The summed E-state index contributed by atoms with van der Waals surface area (Å²) in [5, 5.41) is 98.3. The van der Waals surface area contributed by atoms with Gasteiger partial charge >= 0.3 is 316 Å². The van der Waals surface area contributed by atoms with Crippen molar-refractivity contribution in [2.45, 2.75) is 0 Å². The summed E-state index contributed by atoms with van der Waals surface area (Å²) >= 11 is 0. The minimum Gasteiger partial charge on any atom is -0.824 e. The molecule has 0 fully saturated rings. The molecule has 0 saturated carbocycles. The van der Waals surface area contributed by atoms with Gasteiger partial charge in [-0.05, 0) is 0 Å². The standard InChI is InChI=1S/12BF2O.12Li/c12*2-1(3)4;;;;;;;;;;;;/q12*-1;12*+1. The van der Waals surface area contributed by atoms with Gasteiger partial charge in [0.25, 0.3) is 0 Å². The van der Waals surface area contributed by atoms with Crippen LogP contribution in [0.3, 0.4) is 0 Å². The molecule has 0 aromatic carbocycles. The Morgan fingerprint density at radius 2 is 0.117 bits per heavy atom. The molecule has 288 valence electrons. The van der Waals surface area contributed by atoms with Crippen molar-refractivity contribution in [3.8, 4) is 0 Å². The van der Waals surface area contributed by atoms with Crippen LogP contribution < -0.4 is 287 Å². The summed E-state index contributed by atoms with van der Waals surface area (Å²) in [5.74, 6) is 0. The topological polar surface area (TPSA) is 277 Å². The number of hydrogen-bond donors (Lipinski definition) is 0. The molecule has 0 heterocycles. The second-order valence-corrected chi connectivity index (χ2v) is 3.13. The van der Waals surface area contributed by atoms with Gasteiger partial charge in [-0.1, -0.05) is 0 Å². The molecule has 0 amide bonds. The van der Waals surface area contributed by atoms with Gasteiger partial charge in [0.05, 0.1) is 0 Å². The summed E-state index contributed by atoms with van der Waals surface area (Å²) < 4.78 is 235. The van der Waals surface area contributed by atoms with E-state index in [2.05, 4.69) is 0 Å². The van der Waals surface area contributed by atoms with Crippen LogP contribution in [0.15, 0.2) is 0 Å². The predicted octanol–water partition coefficient (Wildman–Crippen LogP) is -44.7. The zero-order valence-electron chi connectivity index (χ0n) is 32.9. The molecule has 0 aliphatic heterocycles. The van der Waals surface area contributed by atoms with E-state index in [1.54, 1.807) is 0 Å². The van der Waals surface area contributed by atoms with E-state index in [-0.39, 0.29) is 226 Å². The second-order valence-electron chi connectivity index (χ2n) is 3.13. The zero-order valence-corrected chi connectivity index (χ0v) is 32.9. The minimum atomic E-state index is -3.42. The summed E-state index contributed by atoms with van der Waals surface area (Å²) in [5.41, 5.74) is 0. The maximum Gasteiger partial charge on any atom is 1.00 e. The van der Waals surface area contributed by atoms with Crippen LogP contribution in [-0.4, -0.2) is 89.6 Å². The average Bonchev–Trinajstić information content (AvgIpc) is 2.61. The molecule has 60 heteroatoms. The van der Waals surface area contributed by atoms with Crippen molar-refractivity contribution in [1.29, 1.82) is 0 Å². The fraction of sp³-hybridized carbons (Fsp3) is 0. The van der Waals surface area contributed by atoms with Crippen molar-refractivity contribution < 1.29 is 390 Å². The molecule has 0 saturated heterocycles. The quantitative estimate of drug-likeness (QED) is 0.162. The molecule has 0 spiro atoms. The Kier molecular flexibility index (Phi) is 398. The van der Waals surface area contributed by atoms with Gasteiger partial charge in [0, 0.05) is 0 Å². The normalized spacial score (nSPS) is 5.40. The first-order valence-electron chi connectivity index (χ1n) is 8.07. The smallest absolute Gasteiger partial charge is 0.824 e. The van der Waals surface area contributed by atoms with Crippen LogP contribution in [0, 0.1) is 0 Å². The van der Waals surface area contributed by atoms with E-state index in [0.717, 1.165) is 0 Å². The Bertz CT molecular complexity index is 301. The predicted molar refractivity (Wildman–Crippen MR) is 95.6 cm³/mol.